The molecule has 0 fully saturated rings. The van der Waals surface area contributed by atoms with Crippen molar-refractivity contribution in [2.45, 2.75) is 200 Å². The summed E-state index contributed by atoms with van der Waals surface area (Å²) in [5.41, 5.74) is 19.5. The van der Waals surface area contributed by atoms with Crippen LogP contribution in [0.4, 0.5) is 0 Å². The molecular formula is C115H123ClN20O5. The first-order valence-corrected chi connectivity index (χ1v) is 48.7. The third kappa shape index (κ3) is 24.2. The van der Waals surface area contributed by atoms with Crippen molar-refractivity contribution in [1.29, 1.82) is 0 Å². The zero-order chi connectivity index (χ0) is 100. The van der Waals surface area contributed by atoms with Gasteiger partial charge in [-0.3, -0.25) is 71.8 Å². The maximum Gasteiger partial charge on any atom is 0.162 e. The second-order valence-electron chi connectivity index (χ2n) is 38.0. The fraction of sp³-hybridized carbons (Fsp3) is 0.304. The number of aliphatic imine (C=N–C) groups is 5. The molecule has 0 saturated heterocycles. The van der Waals surface area contributed by atoms with Crippen LogP contribution in [0.2, 0.25) is 5.02 Å². The minimum absolute atomic E-state index is 0.0385. The summed E-state index contributed by atoms with van der Waals surface area (Å²) in [5.74, 6) is 10.1. The van der Waals surface area contributed by atoms with Gasteiger partial charge in [0.1, 0.15) is 88.2 Å². The van der Waals surface area contributed by atoms with E-state index < -0.39 is 0 Å². The van der Waals surface area contributed by atoms with E-state index in [2.05, 4.69) is 185 Å². The molecular weight excluding hydrogens is 1780 g/mol. The zero-order valence-electron chi connectivity index (χ0n) is 83.8. The largest absolute Gasteiger partial charge is 0.300 e. The van der Waals surface area contributed by atoms with Crippen LogP contribution in [0.1, 0.15) is 280 Å². The SMILES string of the molecule is CC(=O)CC1N=C(c2ccc(Cl)cc2)c2ccccc2-n2c(C)nnc21.CC(=O)CC1N=C(c2ccccc2)c2ccccc2-n2c(C)nnc21.CC(C)C.CC(C)C.Cc1nnc2n1-c1ccccc1C(c1ccccc1)=NC2CC(=O)C(C)C.Cc1nnc2n1-c1ccccc1C(c1ccccc1)=NC2CC(=O)CC(C)C.Cc1nnc2n1-c1ccccc1C(c1ccccc1)=N[C@H]2CC(=O)C(C)C. The summed E-state index contributed by atoms with van der Waals surface area (Å²) in [5, 5.41) is 43.8. The van der Waals surface area contributed by atoms with E-state index in [1.165, 1.54) is 0 Å². The van der Waals surface area contributed by atoms with E-state index in [1.54, 1.807) is 13.8 Å². The fourth-order valence-electron chi connectivity index (χ4n) is 17.2. The summed E-state index contributed by atoms with van der Waals surface area (Å²) in [6, 6.07) is 86.7. The van der Waals surface area contributed by atoms with Crippen LogP contribution in [0, 0.1) is 64.2 Å². The molecule has 10 aromatic carbocycles. The number of aromatic nitrogens is 15. The molecule has 15 aromatic rings. The van der Waals surface area contributed by atoms with E-state index in [1.807, 2.05) is 273 Å². The van der Waals surface area contributed by atoms with E-state index in [0.29, 0.717) is 54.7 Å². The lowest BCUT2D eigenvalue weighted by molar-refractivity contribution is -0.123. The molecule has 5 aliphatic rings. The van der Waals surface area contributed by atoms with Gasteiger partial charge in [-0.2, -0.15) is 0 Å². The smallest absolute Gasteiger partial charge is 0.162 e. The second-order valence-corrected chi connectivity index (χ2v) is 38.4. The molecule has 0 N–H and O–H groups in total. The third-order valence-electron chi connectivity index (χ3n) is 23.6. The molecule has 5 aliphatic heterocycles. The predicted octanol–water partition coefficient (Wildman–Crippen LogP) is 23.5. The molecule has 10 heterocycles. The molecule has 26 heteroatoms. The Kier molecular flexibility index (Phi) is 33.6. The van der Waals surface area contributed by atoms with E-state index >= 15 is 0 Å². The monoisotopic (exact) mass is 1900 g/mol. The average Bonchev–Trinajstić information content (AvgIpc) is 1.64. The molecule has 4 unspecified atom stereocenters. The Morgan fingerprint density at radius 3 is 0.674 bits per heavy atom. The maximum atomic E-state index is 12.6. The van der Waals surface area contributed by atoms with Crippen LogP contribution < -0.4 is 0 Å². The van der Waals surface area contributed by atoms with Gasteiger partial charge < -0.3 is 0 Å². The summed E-state index contributed by atoms with van der Waals surface area (Å²) >= 11 is 6.05. The summed E-state index contributed by atoms with van der Waals surface area (Å²) in [7, 11) is 0. The lowest BCUT2D eigenvalue weighted by atomic mass is 9.99. The number of Topliss-reactive ketones (excluding diaryl/α,β-unsaturated/α-hetero) is 5. The van der Waals surface area contributed by atoms with Crippen molar-refractivity contribution in [1.82, 2.24) is 73.8 Å². The molecule has 0 bridgehead atoms. The molecule has 0 spiro atoms. The fourth-order valence-corrected chi connectivity index (χ4v) is 17.3. The molecule has 141 heavy (non-hydrogen) atoms. The van der Waals surface area contributed by atoms with Crippen molar-refractivity contribution in [3.8, 4) is 28.4 Å². The molecule has 5 aromatic heterocycles. The Morgan fingerprint density at radius 1 is 0.262 bits per heavy atom. The van der Waals surface area contributed by atoms with Crippen LogP contribution in [0.15, 0.2) is 292 Å². The number of ketones is 5. The number of hydrogen-bond acceptors (Lipinski definition) is 20. The number of para-hydroxylation sites is 5. The first kappa shape index (κ1) is 102. The number of fused-ring (bicyclic) bond motifs is 15. The van der Waals surface area contributed by atoms with Crippen LogP contribution in [-0.4, -0.2) is 131 Å². The van der Waals surface area contributed by atoms with Crippen molar-refractivity contribution in [2.75, 3.05) is 0 Å². The topological polar surface area (TPSA) is 301 Å². The normalized spacial score (nSPS) is 15.3. The minimum atomic E-state index is -0.383. The van der Waals surface area contributed by atoms with E-state index in [9.17, 15) is 24.0 Å². The van der Waals surface area contributed by atoms with Gasteiger partial charge in [-0.05, 0) is 109 Å². The van der Waals surface area contributed by atoms with Crippen molar-refractivity contribution in [3.63, 3.8) is 0 Å². The quantitative estimate of drug-likeness (QED) is 0.0726. The van der Waals surface area contributed by atoms with Crippen LogP contribution >= 0.6 is 11.6 Å². The van der Waals surface area contributed by atoms with Crippen molar-refractivity contribution in [3.05, 3.63) is 386 Å². The van der Waals surface area contributed by atoms with Crippen LogP contribution in [-0.2, 0) is 24.0 Å². The van der Waals surface area contributed by atoms with E-state index in [4.69, 9.17) is 36.6 Å². The van der Waals surface area contributed by atoms with Crippen molar-refractivity contribution >= 4 is 69.1 Å². The maximum absolute atomic E-state index is 12.6. The van der Waals surface area contributed by atoms with Gasteiger partial charge in [0.15, 0.2) is 29.1 Å². The van der Waals surface area contributed by atoms with Crippen molar-refractivity contribution in [2.24, 2.45) is 54.6 Å². The molecule has 0 radical (unpaired) electrons. The zero-order valence-corrected chi connectivity index (χ0v) is 84.5. The number of aryl methyl sites for hydroxylation is 5. The summed E-state index contributed by atoms with van der Waals surface area (Å²) in [6.07, 6.45) is 2.11. The van der Waals surface area contributed by atoms with Gasteiger partial charge in [0.2, 0.25) is 0 Å². The Morgan fingerprint density at radius 2 is 0.461 bits per heavy atom. The number of halogens is 1. The summed E-state index contributed by atoms with van der Waals surface area (Å²) in [4.78, 5) is 86.4. The van der Waals surface area contributed by atoms with Gasteiger partial charge in [0.25, 0.3) is 0 Å². The number of rotatable bonds is 19. The Hall–Kier alpha value is -15.1. The molecule has 0 amide bonds. The molecule has 5 atom stereocenters. The van der Waals surface area contributed by atoms with Gasteiger partial charge in [-0.1, -0.05) is 319 Å². The Labute approximate surface area is 830 Å². The number of carbonyl (C=O) groups excluding carboxylic acids is 5. The van der Waals surface area contributed by atoms with Gasteiger partial charge in [-0.25, -0.2) is 0 Å². The number of hydrogen-bond donors (Lipinski definition) is 0. The standard InChI is InChI=1S/C23H24N4O.2C22H22N4O.C20H17ClN4O.C20H18N4O.2C4H10/c1-15(2)13-18(28)14-20-23-26-25-16(3)27(23)21-12-8-7-11-19(21)22(24-20)17-9-5-4-6-10-17;2*1-14(2)20(27)13-18-22-25-24-15(3)26(22)19-12-8-7-11-17(19)21(23-18)16-9-5-4-6-10-16;1-12(26)11-17-20-24-23-13(2)25(20)18-6-4-3-5-16(18)19(22-17)14-7-9-15(21)10-8-14;1-13(25)12-17-20-23-22-14(2)24(20)18-11-7-6-10-16(18)19(21-17)15-8-4-3-5-9-15;2*1-4(2)3/h4-12,15,20H,13-14H2,1-3H3;2*4-12,14,18H,13H2,1-3H3;3-10,17H,11H2,1-2H3;3-11,17H,12H2,1-2H3;2*4H,1-3H3/t;18-;;;;;/m.0...../s1. The summed E-state index contributed by atoms with van der Waals surface area (Å²) < 4.78 is 10.1. The second kappa shape index (κ2) is 46.6. The highest BCUT2D eigenvalue weighted by Crippen LogP contribution is 2.40. The van der Waals surface area contributed by atoms with Gasteiger partial charge in [0.05, 0.1) is 57.0 Å². The minimum Gasteiger partial charge on any atom is -0.300 e. The Bertz CT molecular complexity index is 6940. The first-order valence-electron chi connectivity index (χ1n) is 48.3. The Balaban J connectivity index is 0.000000137. The van der Waals surface area contributed by atoms with Crippen LogP contribution in [0.5, 0.6) is 0 Å². The van der Waals surface area contributed by atoms with Gasteiger partial charge in [-0.15, -0.1) is 51.0 Å². The first-order chi connectivity index (χ1) is 67.8. The predicted molar refractivity (Wildman–Crippen MR) is 559 cm³/mol. The van der Waals surface area contributed by atoms with E-state index in [-0.39, 0.29) is 77.4 Å². The third-order valence-corrected chi connectivity index (χ3v) is 23.8. The van der Waals surface area contributed by atoms with E-state index in [0.717, 1.165) is 171 Å². The van der Waals surface area contributed by atoms with Crippen molar-refractivity contribution < 1.29 is 24.0 Å². The molecule has 0 saturated carbocycles. The number of carbonyl (C=O) groups is 5. The van der Waals surface area contributed by atoms with Gasteiger partial charge in [0, 0.05) is 111 Å². The van der Waals surface area contributed by atoms with Crippen LogP contribution in [0.25, 0.3) is 28.4 Å². The number of nitrogens with zero attached hydrogens (tertiary/aromatic N) is 20. The molecule has 20 rings (SSSR count). The van der Waals surface area contributed by atoms with Crippen LogP contribution in [0.3, 0.4) is 0 Å². The highest BCUT2D eigenvalue weighted by molar-refractivity contribution is 6.31. The average molecular weight is 1900 g/mol. The number of benzene rings is 10. The molecule has 0 aliphatic carbocycles. The highest BCUT2D eigenvalue weighted by Gasteiger charge is 2.37. The molecule has 720 valence electrons. The highest BCUT2D eigenvalue weighted by atomic mass is 35.5. The lowest BCUT2D eigenvalue weighted by Crippen LogP contribution is -2.14. The lowest BCUT2D eigenvalue weighted by Gasteiger charge is -2.13. The molecule has 25 nitrogen and oxygen atoms in total. The van der Waals surface area contributed by atoms with Gasteiger partial charge >= 0.3 is 0 Å². The summed E-state index contributed by atoms with van der Waals surface area (Å²) in [6.45, 7) is 37.6.